The van der Waals surface area contributed by atoms with Crippen LogP contribution in [0, 0.1) is 0 Å². The number of carbonyl (C=O) groups is 2. The van der Waals surface area contributed by atoms with Gasteiger partial charge in [0.1, 0.15) is 5.78 Å². The van der Waals surface area contributed by atoms with E-state index in [2.05, 4.69) is 21.2 Å². The fourth-order valence-corrected chi connectivity index (χ4v) is 2.57. The third-order valence-corrected chi connectivity index (χ3v) is 3.56. The van der Waals surface area contributed by atoms with Crippen LogP contribution >= 0.6 is 15.9 Å². The lowest BCUT2D eigenvalue weighted by Gasteiger charge is -2.37. The molecule has 4 heteroatoms. The SMILES string of the molecule is CC(=O)NC1(CC(=O)CBr)CCCCC1. The van der Waals surface area contributed by atoms with E-state index in [4.69, 9.17) is 0 Å². The quantitative estimate of drug-likeness (QED) is 0.800. The Bertz CT molecular complexity index is 247. The van der Waals surface area contributed by atoms with Crippen LogP contribution in [0.15, 0.2) is 0 Å². The van der Waals surface area contributed by atoms with E-state index < -0.39 is 0 Å². The fourth-order valence-electron chi connectivity index (χ4n) is 2.37. The fraction of sp³-hybridized carbons (Fsp3) is 0.818. The normalized spacial score (nSPS) is 19.6. The maximum absolute atomic E-state index is 11.5. The van der Waals surface area contributed by atoms with Crippen LogP contribution in [0.2, 0.25) is 0 Å². The molecule has 1 fully saturated rings. The summed E-state index contributed by atoms with van der Waals surface area (Å²) in [6, 6.07) is 0. The van der Waals surface area contributed by atoms with Gasteiger partial charge in [0, 0.05) is 18.9 Å². The molecule has 1 rings (SSSR count). The van der Waals surface area contributed by atoms with E-state index in [9.17, 15) is 9.59 Å². The summed E-state index contributed by atoms with van der Waals surface area (Å²) in [7, 11) is 0. The second-order valence-corrected chi connectivity index (χ2v) is 4.93. The zero-order valence-corrected chi connectivity index (χ0v) is 10.7. The van der Waals surface area contributed by atoms with Gasteiger partial charge in [0.2, 0.25) is 5.91 Å². The molecule has 0 aromatic carbocycles. The summed E-state index contributed by atoms with van der Waals surface area (Å²) in [4.78, 5) is 22.6. The molecule has 0 aromatic heterocycles. The number of alkyl halides is 1. The lowest BCUT2D eigenvalue weighted by Crippen LogP contribution is -2.50. The van der Waals surface area contributed by atoms with Crippen LogP contribution in [-0.4, -0.2) is 22.6 Å². The maximum atomic E-state index is 11.5. The molecule has 15 heavy (non-hydrogen) atoms. The first-order valence-corrected chi connectivity index (χ1v) is 6.56. The molecule has 86 valence electrons. The van der Waals surface area contributed by atoms with Gasteiger partial charge in [-0.05, 0) is 12.8 Å². The van der Waals surface area contributed by atoms with E-state index in [-0.39, 0.29) is 17.2 Å². The molecule has 0 radical (unpaired) electrons. The first kappa shape index (κ1) is 12.7. The number of hydrogen-bond acceptors (Lipinski definition) is 2. The number of carbonyl (C=O) groups excluding carboxylic acids is 2. The van der Waals surface area contributed by atoms with Crippen LogP contribution in [0.5, 0.6) is 0 Å². The standard InChI is InChI=1S/C11H18BrNO2/c1-9(14)13-11(7-10(15)8-12)5-3-2-4-6-11/h2-8H2,1H3,(H,13,14). The highest BCUT2D eigenvalue weighted by Crippen LogP contribution is 2.31. The summed E-state index contributed by atoms with van der Waals surface area (Å²) in [6.45, 7) is 1.52. The zero-order valence-electron chi connectivity index (χ0n) is 9.14. The monoisotopic (exact) mass is 275 g/mol. The molecule has 0 bridgehead atoms. The van der Waals surface area contributed by atoms with E-state index in [0.717, 1.165) is 25.7 Å². The van der Waals surface area contributed by atoms with Crippen molar-refractivity contribution in [1.29, 1.82) is 0 Å². The number of hydrogen-bond donors (Lipinski definition) is 1. The largest absolute Gasteiger partial charge is 0.350 e. The van der Waals surface area contributed by atoms with Gasteiger partial charge in [0.15, 0.2) is 0 Å². The Labute approximate surface area is 99.1 Å². The Morgan fingerprint density at radius 2 is 1.87 bits per heavy atom. The second kappa shape index (κ2) is 5.64. The van der Waals surface area contributed by atoms with Gasteiger partial charge in [-0.1, -0.05) is 35.2 Å². The number of halogens is 1. The molecule has 1 saturated carbocycles. The average molecular weight is 276 g/mol. The molecule has 0 aliphatic heterocycles. The highest BCUT2D eigenvalue weighted by Gasteiger charge is 2.34. The lowest BCUT2D eigenvalue weighted by molar-refractivity contribution is -0.123. The number of ketones is 1. The Morgan fingerprint density at radius 1 is 1.27 bits per heavy atom. The third kappa shape index (κ3) is 3.93. The van der Waals surface area contributed by atoms with Crippen molar-refractivity contribution in [3.63, 3.8) is 0 Å². The van der Waals surface area contributed by atoms with Crippen LogP contribution in [0.4, 0.5) is 0 Å². The van der Waals surface area contributed by atoms with Crippen molar-refractivity contribution < 1.29 is 9.59 Å². The van der Waals surface area contributed by atoms with Crippen molar-refractivity contribution in [2.45, 2.75) is 51.0 Å². The second-order valence-electron chi connectivity index (χ2n) is 4.37. The molecular weight excluding hydrogens is 258 g/mol. The highest BCUT2D eigenvalue weighted by atomic mass is 79.9. The van der Waals surface area contributed by atoms with Crippen LogP contribution in [0.25, 0.3) is 0 Å². The minimum Gasteiger partial charge on any atom is -0.350 e. The minimum absolute atomic E-state index is 0.0285. The van der Waals surface area contributed by atoms with E-state index in [1.165, 1.54) is 13.3 Å². The summed E-state index contributed by atoms with van der Waals surface area (Å²) >= 11 is 3.17. The van der Waals surface area contributed by atoms with Crippen LogP contribution in [-0.2, 0) is 9.59 Å². The molecule has 0 atom stereocenters. The predicted molar refractivity (Wildman–Crippen MR) is 63.1 cm³/mol. The van der Waals surface area contributed by atoms with Crippen LogP contribution in [0.3, 0.4) is 0 Å². The number of amides is 1. The molecule has 0 aromatic rings. The van der Waals surface area contributed by atoms with Crippen molar-refractivity contribution >= 4 is 27.6 Å². The molecule has 1 amide bonds. The van der Waals surface area contributed by atoms with Crippen molar-refractivity contribution in [2.75, 3.05) is 5.33 Å². The Hall–Kier alpha value is -0.380. The summed E-state index contributed by atoms with van der Waals surface area (Å²) in [5.74, 6) is 0.143. The number of nitrogens with one attached hydrogen (secondary N) is 1. The highest BCUT2D eigenvalue weighted by molar-refractivity contribution is 9.09. The van der Waals surface area contributed by atoms with Gasteiger partial charge in [-0.3, -0.25) is 9.59 Å². The van der Waals surface area contributed by atoms with Gasteiger partial charge in [0.05, 0.1) is 5.33 Å². The summed E-state index contributed by atoms with van der Waals surface area (Å²) in [6.07, 6.45) is 5.77. The molecule has 1 aliphatic carbocycles. The van der Waals surface area contributed by atoms with Gasteiger partial charge in [-0.15, -0.1) is 0 Å². The third-order valence-electron chi connectivity index (χ3n) is 2.94. The first-order chi connectivity index (χ1) is 7.08. The molecule has 3 nitrogen and oxygen atoms in total. The lowest BCUT2D eigenvalue weighted by atomic mass is 9.78. The molecule has 1 N–H and O–H groups in total. The van der Waals surface area contributed by atoms with E-state index in [1.807, 2.05) is 0 Å². The number of rotatable bonds is 4. The molecule has 1 aliphatic rings. The Morgan fingerprint density at radius 3 is 2.33 bits per heavy atom. The Kier molecular flexibility index (Phi) is 4.77. The van der Waals surface area contributed by atoms with Crippen molar-refractivity contribution in [1.82, 2.24) is 5.32 Å². The van der Waals surface area contributed by atoms with E-state index >= 15 is 0 Å². The zero-order chi connectivity index (χ0) is 11.3. The molecule has 0 spiro atoms. The Balaban J connectivity index is 2.65. The van der Waals surface area contributed by atoms with Crippen molar-refractivity contribution in [3.05, 3.63) is 0 Å². The van der Waals surface area contributed by atoms with Gasteiger partial charge >= 0.3 is 0 Å². The minimum atomic E-state index is -0.255. The molecule has 0 saturated heterocycles. The maximum Gasteiger partial charge on any atom is 0.217 e. The number of Topliss-reactive ketones (excluding diaryl/α,β-unsaturated/α-hetero) is 1. The van der Waals surface area contributed by atoms with Crippen molar-refractivity contribution in [2.24, 2.45) is 0 Å². The summed E-state index contributed by atoms with van der Waals surface area (Å²) in [5, 5.41) is 3.36. The van der Waals surface area contributed by atoms with Crippen molar-refractivity contribution in [3.8, 4) is 0 Å². The van der Waals surface area contributed by atoms with Gasteiger partial charge in [0.25, 0.3) is 0 Å². The van der Waals surface area contributed by atoms with Gasteiger partial charge < -0.3 is 5.32 Å². The topological polar surface area (TPSA) is 46.2 Å². The smallest absolute Gasteiger partial charge is 0.217 e. The van der Waals surface area contributed by atoms with Gasteiger partial charge in [-0.2, -0.15) is 0 Å². The first-order valence-electron chi connectivity index (χ1n) is 5.44. The van der Waals surface area contributed by atoms with Crippen LogP contribution < -0.4 is 5.32 Å². The molecular formula is C11H18BrNO2. The van der Waals surface area contributed by atoms with E-state index in [1.54, 1.807) is 0 Å². The average Bonchev–Trinajstić information content (AvgIpc) is 2.17. The van der Waals surface area contributed by atoms with E-state index in [0.29, 0.717) is 11.8 Å². The predicted octanol–water partition coefficient (Wildman–Crippen LogP) is 2.18. The van der Waals surface area contributed by atoms with Gasteiger partial charge in [-0.25, -0.2) is 0 Å². The molecule has 0 heterocycles. The molecule has 0 unspecified atom stereocenters. The summed E-state index contributed by atoms with van der Waals surface area (Å²) in [5.41, 5.74) is -0.255. The summed E-state index contributed by atoms with van der Waals surface area (Å²) < 4.78 is 0. The van der Waals surface area contributed by atoms with Crippen LogP contribution in [0.1, 0.15) is 45.4 Å².